The quantitative estimate of drug-likeness (QED) is 0.266. The average Bonchev–Trinajstić information content (AvgIpc) is 3.15. The molecule has 0 atom stereocenters. The summed E-state index contributed by atoms with van der Waals surface area (Å²) in [7, 11) is -1.99. The topological polar surface area (TPSA) is 74.4 Å². The maximum absolute atomic E-state index is 6.32. The van der Waals surface area contributed by atoms with Gasteiger partial charge in [0, 0.05) is 12.0 Å². The number of halogens is 2. The molecule has 8 heteroatoms. The molecule has 3 rings (SSSR count). The Morgan fingerprint density at radius 1 is 1.25 bits per heavy atom. The van der Waals surface area contributed by atoms with Crippen LogP contribution in [0.2, 0.25) is 23.2 Å². The predicted octanol–water partition coefficient (Wildman–Crippen LogP) is 6.40. The Hall–Kier alpha value is -1.88. The normalized spacial score (nSPS) is 12.1. The molecule has 28 heavy (non-hydrogen) atoms. The Morgan fingerprint density at radius 3 is 2.61 bits per heavy atom. The molecule has 148 valence electrons. The first kappa shape index (κ1) is 20.8. The van der Waals surface area contributed by atoms with Crippen LogP contribution in [0, 0.1) is 11.8 Å². The fraction of sp³-hybridized carbons (Fsp3) is 0.350. The van der Waals surface area contributed by atoms with E-state index < -0.39 is 8.32 Å². The SMILES string of the molecule is CC(C)(C)[Si](C)(C)Oc1coc2c(CC#Cc3nc(Br)c(Cl)cc3N)coc12. The molecule has 0 aliphatic rings. The van der Waals surface area contributed by atoms with Crippen molar-refractivity contribution in [1.29, 1.82) is 0 Å². The number of nitrogen functional groups attached to an aromatic ring is 1. The molecule has 5 nitrogen and oxygen atoms in total. The van der Waals surface area contributed by atoms with Gasteiger partial charge in [0.05, 0.1) is 17.0 Å². The molecular weight excluding hydrogens is 460 g/mol. The molecule has 0 aliphatic heterocycles. The number of anilines is 1. The summed E-state index contributed by atoms with van der Waals surface area (Å²) < 4.78 is 18.2. The number of rotatable bonds is 3. The number of fused-ring (bicyclic) bond motifs is 1. The molecule has 0 unspecified atom stereocenters. The number of nitrogens with two attached hydrogens (primary N) is 1. The molecule has 0 fully saturated rings. The van der Waals surface area contributed by atoms with Gasteiger partial charge in [0.15, 0.2) is 11.3 Å². The van der Waals surface area contributed by atoms with Gasteiger partial charge in [-0.3, -0.25) is 0 Å². The van der Waals surface area contributed by atoms with E-state index in [1.807, 2.05) is 0 Å². The van der Waals surface area contributed by atoms with Crippen molar-refractivity contribution in [2.45, 2.75) is 45.3 Å². The summed E-state index contributed by atoms with van der Waals surface area (Å²) in [5.74, 6) is 6.67. The smallest absolute Gasteiger partial charge is 0.250 e. The van der Waals surface area contributed by atoms with E-state index in [4.69, 9.17) is 30.6 Å². The third-order valence-corrected chi connectivity index (χ3v) is 10.4. The molecule has 0 radical (unpaired) electrons. The molecular formula is C20H22BrClN2O3Si. The second kappa shape index (κ2) is 7.51. The maximum atomic E-state index is 6.32. The molecule has 0 spiro atoms. The zero-order valence-corrected chi connectivity index (χ0v) is 19.8. The van der Waals surface area contributed by atoms with Crippen molar-refractivity contribution in [3.63, 3.8) is 0 Å². The van der Waals surface area contributed by atoms with Crippen molar-refractivity contribution >= 4 is 52.7 Å². The van der Waals surface area contributed by atoms with Crippen molar-refractivity contribution in [3.05, 3.63) is 39.5 Å². The van der Waals surface area contributed by atoms with Gasteiger partial charge in [0.1, 0.15) is 16.6 Å². The summed E-state index contributed by atoms with van der Waals surface area (Å²) in [6, 6.07) is 1.62. The molecule has 0 saturated heterocycles. The van der Waals surface area contributed by atoms with E-state index in [1.165, 1.54) is 0 Å². The number of furan rings is 2. The van der Waals surface area contributed by atoms with E-state index in [9.17, 15) is 0 Å². The molecule has 0 aromatic carbocycles. The van der Waals surface area contributed by atoms with Gasteiger partial charge in [0.2, 0.25) is 5.58 Å². The zero-order valence-electron chi connectivity index (χ0n) is 16.4. The van der Waals surface area contributed by atoms with Crippen molar-refractivity contribution in [2.75, 3.05) is 5.73 Å². The van der Waals surface area contributed by atoms with Gasteiger partial charge in [0.25, 0.3) is 8.32 Å². The Labute approximate surface area is 178 Å². The predicted molar refractivity (Wildman–Crippen MR) is 118 cm³/mol. The lowest BCUT2D eigenvalue weighted by molar-refractivity contribution is 0.473. The van der Waals surface area contributed by atoms with Crippen LogP contribution >= 0.6 is 27.5 Å². The van der Waals surface area contributed by atoms with Crippen LogP contribution in [0.3, 0.4) is 0 Å². The summed E-state index contributed by atoms with van der Waals surface area (Å²) in [5, 5.41) is 0.529. The Kier molecular flexibility index (Phi) is 5.59. The Morgan fingerprint density at radius 2 is 1.93 bits per heavy atom. The third kappa shape index (κ3) is 4.09. The number of nitrogens with zero attached hydrogens (tertiary/aromatic N) is 1. The minimum atomic E-state index is -1.99. The fourth-order valence-corrected chi connectivity index (χ4v) is 3.72. The van der Waals surface area contributed by atoms with Gasteiger partial charge in [-0.15, -0.1) is 0 Å². The minimum absolute atomic E-state index is 0.0806. The van der Waals surface area contributed by atoms with Gasteiger partial charge >= 0.3 is 0 Å². The molecule has 3 heterocycles. The maximum Gasteiger partial charge on any atom is 0.250 e. The first-order valence-corrected chi connectivity index (χ1v) is 12.8. The highest BCUT2D eigenvalue weighted by molar-refractivity contribution is 9.10. The second-order valence-electron chi connectivity index (χ2n) is 8.06. The summed E-state index contributed by atoms with van der Waals surface area (Å²) in [5.41, 5.74) is 8.94. The van der Waals surface area contributed by atoms with Gasteiger partial charge < -0.3 is 19.0 Å². The Bertz CT molecular complexity index is 1090. The van der Waals surface area contributed by atoms with Gasteiger partial charge in [-0.05, 0) is 46.0 Å². The van der Waals surface area contributed by atoms with Crippen LogP contribution in [-0.2, 0) is 6.42 Å². The summed E-state index contributed by atoms with van der Waals surface area (Å²) in [6.45, 7) is 10.9. The van der Waals surface area contributed by atoms with Crippen molar-refractivity contribution in [3.8, 4) is 17.6 Å². The highest BCUT2D eigenvalue weighted by Crippen LogP contribution is 2.40. The van der Waals surface area contributed by atoms with E-state index in [2.05, 4.69) is 66.6 Å². The molecule has 0 bridgehead atoms. The molecule has 3 aromatic rings. The lowest BCUT2D eigenvalue weighted by atomic mass is 10.2. The van der Waals surface area contributed by atoms with Crippen molar-refractivity contribution in [1.82, 2.24) is 4.98 Å². The molecule has 0 amide bonds. The van der Waals surface area contributed by atoms with Crippen molar-refractivity contribution < 1.29 is 13.3 Å². The minimum Gasteiger partial charge on any atom is -0.539 e. The summed E-state index contributed by atoms with van der Waals surface area (Å²) >= 11 is 9.25. The van der Waals surface area contributed by atoms with Crippen LogP contribution in [0.15, 0.2) is 32.0 Å². The van der Waals surface area contributed by atoms with Crippen LogP contribution in [0.1, 0.15) is 32.0 Å². The van der Waals surface area contributed by atoms with Crippen LogP contribution in [-0.4, -0.2) is 13.3 Å². The lowest BCUT2D eigenvalue weighted by Gasteiger charge is -2.35. The molecule has 0 aliphatic carbocycles. The summed E-state index contributed by atoms with van der Waals surface area (Å²) in [6.07, 6.45) is 3.69. The monoisotopic (exact) mass is 480 g/mol. The van der Waals surface area contributed by atoms with Crippen LogP contribution < -0.4 is 10.2 Å². The van der Waals surface area contributed by atoms with Gasteiger partial charge in [-0.2, -0.15) is 0 Å². The first-order chi connectivity index (χ1) is 13.0. The highest BCUT2D eigenvalue weighted by atomic mass is 79.9. The number of hydrogen-bond donors (Lipinski definition) is 1. The Balaban J connectivity index is 1.82. The van der Waals surface area contributed by atoms with E-state index in [1.54, 1.807) is 18.6 Å². The lowest BCUT2D eigenvalue weighted by Crippen LogP contribution is -2.43. The number of pyridine rings is 1. The standard InChI is InChI=1S/C20H22BrClN2O3Si/c1-20(2,3)28(4,5)27-16-11-26-17-12(10-25-18(16)17)7-6-8-15-14(23)9-13(22)19(21)24-15/h9-11H,7,23H2,1-5H3. The van der Waals surface area contributed by atoms with Crippen LogP contribution in [0.25, 0.3) is 11.2 Å². The van der Waals surface area contributed by atoms with Crippen LogP contribution in [0.5, 0.6) is 5.75 Å². The van der Waals surface area contributed by atoms with E-state index in [0.717, 1.165) is 5.56 Å². The van der Waals surface area contributed by atoms with E-state index in [-0.39, 0.29) is 5.04 Å². The van der Waals surface area contributed by atoms with Crippen LogP contribution in [0.4, 0.5) is 5.69 Å². The van der Waals surface area contributed by atoms with E-state index in [0.29, 0.717) is 44.3 Å². The number of aromatic nitrogens is 1. The molecule has 3 aromatic heterocycles. The van der Waals surface area contributed by atoms with E-state index >= 15 is 0 Å². The highest BCUT2D eigenvalue weighted by Gasteiger charge is 2.40. The molecule has 2 N–H and O–H groups in total. The zero-order chi connectivity index (χ0) is 20.7. The summed E-state index contributed by atoms with van der Waals surface area (Å²) in [4.78, 5) is 4.24. The third-order valence-electron chi connectivity index (χ3n) is 4.94. The second-order valence-corrected chi connectivity index (χ2v) is 13.9. The first-order valence-electron chi connectivity index (χ1n) is 8.76. The largest absolute Gasteiger partial charge is 0.539 e. The number of hydrogen-bond acceptors (Lipinski definition) is 5. The molecule has 0 saturated carbocycles. The van der Waals surface area contributed by atoms with Gasteiger partial charge in [-0.25, -0.2) is 4.98 Å². The average molecular weight is 482 g/mol. The van der Waals surface area contributed by atoms with Gasteiger partial charge in [-0.1, -0.05) is 38.3 Å². The van der Waals surface area contributed by atoms with Crippen molar-refractivity contribution in [2.24, 2.45) is 0 Å². The fourth-order valence-electron chi connectivity index (χ4n) is 2.27.